The molecule has 29 heavy (non-hydrogen) atoms. The van der Waals surface area contributed by atoms with Gasteiger partial charge in [-0.05, 0) is 49.8 Å². The average molecular weight is 402 g/mol. The van der Waals surface area contributed by atoms with Crippen LogP contribution in [0.3, 0.4) is 0 Å². The van der Waals surface area contributed by atoms with E-state index in [0.29, 0.717) is 25.3 Å². The van der Waals surface area contributed by atoms with E-state index >= 15 is 0 Å². The molecule has 4 atom stereocenters. The van der Waals surface area contributed by atoms with E-state index in [1.54, 1.807) is 0 Å². The zero-order valence-corrected chi connectivity index (χ0v) is 16.9. The van der Waals surface area contributed by atoms with Crippen LogP contribution in [0.2, 0.25) is 0 Å². The van der Waals surface area contributed by atoms with Gasteiger partial charge in [0.1, 0.15) is 18.0 Å². The van der Waals surface area contributed by atoms with Crippen molar-refractivity contribution in [3.8, 4) is 5.75 Å². The topological polar surface area (TPSA) is 96.9 Å². The highest BCUT2D eigenvalue weighted by Crippen LogP contribution is 2.47. The summed E-state index contributed by atoms with van der Waals surface area (Å²) in [5.41, 5.74) is 1.78. The molecule has 0 unspecified atom stereocenters. The second kappa shape index (κ2) is 8.71. The summed E-state index contributed by atoms with van der Waals surface area (Å²) in [7, 11) is 0. The Morgan fingerprint density at radius 2 is 2.03 bits per heavy atom. The van der Waals surface area contributed by atoms with E-state index in [1.807, 2.05) is 25.1 Å². The molecule has 0 aromatic heterocycles. The van der Waals surface area contributed by atoms with Crippen molar-refractivity contribution < 1.29 is 24.2 Å². The van der Waals surface area contributed by atoms with Gasteiger partial charge in [-0.25, -0.2) is 0 Å². The summed E-state index contributed by atoms with van der Waals surface area (Å²) >= 11 is 0. The van der Waals surface area contributed by atoms with Crippen molar-refractivity contribution in [3.63, 3.8) is 0 Å². The normalized spacial score (nSPS) is 27.5. The van der Waals surface area contributed by atoms with E-state index in [9.17, 15) is 14.7 Å². The fourth-order valence-corrected chi connectivity index (χ4v) is 4.31. The summed E-state index contributed by atoms with van der Waals surface area (Å²) in [6.07, 6.45) is 3.65. The van der Waals surface area contributed by atoms with Gasteiger partial charge in [0.05, 0.1) is 19.1 Å². The monoisotopic (exact) mass is 402 g/mol. The van der Waals surface area contributed by atoms with Crippen LogP contribution in [0.4, 0.5) is 5.69 Å². The van der Waals surface area contributed by atoms with Crippen LogP contribution in [0.25, 0.3) is 0 Å². The molecule has 0 bridgehead atoms. The zero-order chi connectivity index (χ0) is 20.4. The molecule has 0 radical (unpaired) electrons. The van der Waals surface area contributed by atoms with E-state index in [-0.39, 0.29) is 43.0 Å². The largest absolute Gasteiger partial charge is 0.487 e. The predicted molar refractivity (Wildman–Crippen MR) is 108 cm³/mol. The molecule has 2 heterocycles. The van der Waals surface area contributed by atoms with Crippen LogP contribution in [0, 0.1) is 5.92 Å². The molecule has 2 aliphatic heterocycles. The number of rotatable bonds is 8. The van der Waals surface area contributed by atoms with Gasteiger partial charge in [-0.3, -0.25) is 9.59 Å². The molecule has 1 aromatic carbocycles. The molecule has 7 heteroatoms. The lowest BCUT2D eigenvalue weighted by Crippen LogP contribution is -2.47. The molecule has 2 amide bonds. The number of carbonyl (C=O) groups excluding carboxylic acids is 2. The number of nitrogens with one attached hydrogen (secondary N) is 2. The van der Waals surface area contributed by atoms with E-state index in [0.717, 1.165) is 36.3 Å². The number of anilines is 1. The number of aliphatic hydroxyl groups excluding tert-OH is 1. The molecular formula is C22H30N2O5. The van der Waals surface area contributed by atoms with Crippen LogP contribution < -0.4 is 15.4 Å². The minimum Gasteiger partial charge on any atom is -0.487 e. The van der Waals surface area contributed by atoms with Gasteiger partial charge in [-0.2, -0.15) is 0 Å². The number of fused-ring (bicyclic) bond motifs is 3. The van der Waals surface area contributed by atoms with Crippen molar-refractivity contribution in [2.24, 2.45) is 5.92 Å². The summed E-state index contributed by atoms with van der Waals surface area (Å²) in [5, 5.41) is 15.7. The summed E-state index contributed by atoms with van der Waals surface area (Å²) in [6.45, 7) is 2.50. The van der Waals surface area contributed by atoms with Gasteiger partial charge in [-0.15, -0.1) is 0 Å². The molecule has 3 aliphatic rings. The lowest BCUT2D eigenvalue weighted by atomic mass is 9.84. The number of hydrogen-bond donors (Lipinski definition) is 3. The molecule has 7 nitrogen and oxygen atoms in total. The fourth-order valence-electron chi connectivity index (χ4n) is 4.31. The maximum Gasteiger partial charge on any atom is 0.224 e. The Hall–Kier alpha value is -2.12. The van der Waals surface area contributed by atoms with Crippen LogP contribution in [0.1, 0.15) is 56.9 Å². The van der Waals surface area contributed by atoms with Gasteiger partial charge in [0.25, 0.3) is 0 Å². The molecule has 3 N–H and O–H groups in total. The number of benzene rings is 1. The van der Waals surface area contributed by atoms with Crippen molar-refractivity contribution in [1.82, 2.24) is 5.32 Å². The number of ether oxygens (including phenoxy) is 2. The third-order valence-electron chi connectivity index (χ3n) is 5.94. The Labute approximate surface area is 171 Å². The van der Waals surface area contributed by atoms with Gasteiger partial charge in [0.15, 0.2) is 0 Å². The Morgan fingerprint density at radius 3 is 2.76 bits per heavy atom. The van der Waals surface area contributed by atoms with Crippen LogP contribution in [0.5, 0.6) is 5.75 Å². The minimum absolute atomic E-state index is 0.0279. The lowest BCUT2D eigenvalue weighted by molar-refractivity contribution is -0.142. The molecule has 1 saturated heterocycles. The second-order valence-electron chi connectivity index (χ2n) is 8.41. The predicted octanol–water partition coefficient (Wildman–Crippen LogP) is 2.34. The Bertz CT molecular complexity index is 764. The van der Waals surface area contributed by atoms with Gasteiger partial charge in [0, 0.05) is 30.1 Å². The molecule has 1 aromatic rings. The molecule has 1 saturated carbocycles. The Kier molecular flexibility index (Phi) is 6.06. The smallest absolute Gasteiger partial charge is 0.224 e. The van der Waals surface area contributed by atoms with Crippen LogP contribution >= 0.6 is 0 Å². The average Bonchev–Trinajstić information content (AvgIpc) is 3.44. The lowest BCUT2D eigenvalue weighted by Gasteiger charge is -2.37. The van der Waals surface area contributed by atoms with Crippen LogP contribution in [0.15, 0.2) is 18.2 Å². The molecular weight excluding hydrogens is 372 g/mol. The first-order valence-electron chi connectivity index (χ1n) is 10.7. The van der Waals surface area contributed by atoms with Crippen molar-refractivity contribution in [2.45, 2.75) is 69.7 Å². The summed E-state index contributed by atoms with van der Waals surface area (Å²) < 4.78 is 12.0. The molecule has 158 valence electrons. The van der Waals surface area contributed by atoms with Crippen molar-refractivity contribution in [1.29, 1.82) is 0 Å². The first-order valence-corrected chi connectivity index (χ1v) is 10.7. The number of aliphatic hydroxyl groups is 1. The van der Waals surface area contributed by atoms with Crippen molar-refractivity contribution in [2.75, 3.05) is 18.5 Å². The van der Waals surface area contributed by atoms with Gasteiger partial charge in [-0.1, -0.05) is 6.92 Å². The second-order valence-corrected chi connectivity index (χ2v) is 8.41. The molecule has 2 fully saturated rings. The number of hydrogen-bond acceptors (Lipinski definition) is 5. The van der Waals surface area contributed by atoms with E-state index in [1.165, 1.54) is 0 Å². The molecule has 0 spiro atoms. The van der Waals surface area contributed by atoms with Crippen molar-refractivity contribution >= 4 is 17.5 Å². The summed E-state index contributed by atoms with van der Waals surface area (Å²) in [6, 6.07) is 5.70. The standard InChI is InChI=1S/C22H30N2O5/c1-2-7-23-20(26)11-15-10-17-16-9-14(24-21(27)8-13-3-4-13)5-6-18(16)29-22(17)19(12-25)28-15/h5-6,9,13,15,17,19,22,25H,2-4,7-8,10-12H2,1H3,(H,23,26)(H,24,27)/t15-,17-,19+,22+/m0/s1. The van der Waals surface area contributed by atoms with Crippen molar-refractivity contribution in [3.05, 3.63) is 23.8 Å². The summed E-state index contributed by atoms with van der Waals surface area (Å²) in [5.74, 6) is 1.34. The van der Waals surface area contributed by atoms with E-state index < -0.39 is 6.10 Å². The van der Waals surface area contributed by atoms with Gasteiger partial charge >= 0.3 is 0 Å². The SMILES string of the molecule is CCCNC(=O)C[C@@H]1C[C@H]2c3cc(NC(=O)CC4CC4)ccc3O[C@H]2[C@@H](CO)O1. The van der Waals surface area contributed by atoms with E-state index in [4.69, 9.17) is 9.47 Å². The molecule has 4 rings (SSSR count). The fraction of sp³-hybridized carbons (Fsp3) is 0.636. The maximum atomic E-state index is 12.2. The van der Waals surface area contributed by atoms with Crippen LogP contribution in [-0.4, -0.2) is 48.4 Å². The minimum atomic E-state index is -0.474. The highest BCUT2D eigenvalue weighted by molar-refractivity contribution is 5.91. The Balaban J connectivity index is 1.46. The van der Waals surface area contributed by atoms with Gasteiger partial charge in [0.2, 0.25) is 11.8 Å². The highest BCUT2D eigenvalue weighted by Gasteiger charge is 2.46. The van der Waals surface area contributed by atoms with Crippen LogP contribution in [-0.2, 0) is 14.3 Å². The van der Waals surface area contributed by atoms with Gasteiger partial charge < -0.3 is 25.2 Å². The maximum absolute atomic E-state index is 12.2. The third kappa shape index (κ3) is 4.73. The Morgan fingerprint density at radius 1 is 1.21 bits per heavy atom. The third-order valence-corrected chi connectivity index (χ3v) is 5.94. The zero-order valence-electron chi connectivity index (χ0n) is 16.9. The molecule has 1 aliphatic carbocycles. The van der Waals surface area contributed by atoms with E-state index in [2.05, 4.69) is 10.6 Å². The first kappa shape index (κ1) is 20.2. The number of amides is 2. The summed E-state index contributed by atoms with van der Waals surface area (Å²) in [4.78, 5) is 24.3. The number of carbonyl (C=O) groups is 2. The highest BCUT2D eigenvalue weighted by atomic mass is 16.6. The quantitative estimate of drug-likeness (QED) is 0.620. The first-order chi connectivity index (χ1) is 14.1.